The molecule has 0 aromatic carbocycles. The highest BCUT2D eigenvalue weighted by Crippen LogP contribution is 2.10. The summed E-state index contributed by atoms with van der Waals surface area (Å²) in [6.07, 6.45) is 2.78. The molecule has 0 radical (unpaired) electrons. The number of nitrogens with one attached hydrogen (secondary N) is 1. The smallest absolute Gasteiger partial charge is 0.243 e. The van der Waals surface area contributed by atoms with Crippen LogP contribution in [0.5, 0.6) is 0 Å². The van der Waals surface area contributed by atoms with Crippen molar-refractivity contribution in [2.45, 2.75) is 31.7 Å². The number of sulfonamides is 1. The maximum atomic E-state index is 11.8. The third-order valence-electron chi connectivity index (χ3n) is 2.22. The Morgan fingerprint density at radius 3 is 2.65 bits per heavy atom. The van der Waals surface area contributed by atoms with E-state index in [9.17, 15) is 8.42 Å². The van der Waals surface area contributed by atoms with Gasteiger partial charge >= 0.3 is 0 Å². The maximum absolute atomic E-state index is 11.8. The van der Waals surface area contributed by atoms with Crippen molar-refractivity contribution in [1.82, 2.24) is 14.5 Å². The standard InChI is InChI=1S/C10H16N4O2S/c1-8(2)14-7-10(6-12-14)17(15,16)13-5-9(3)4-11/h6-9,13H,5H2,1-3H3/t9-/m0/s1. The molecule has 1 aromatic rings. The van der Waals surface area contributed by atoms with Gasteiger partial charge in [0, 0.05) is 18.8 Å². The molecule has 0 amide bonds. The minimum atomic E-state index is -3.56. The zero-order valence-corrected chi connectivity index (χ0v) is 10.9. The molecule has 0 aliphatic carbocycles. The lowest BCUT2D eigenvalue weighted by Crippen LogP contribution is -2.27. The number of nitriles is 1. The summed E-state index contributed by atoms with van der Waals surface area (Å²) in [5.74, 6) is -0.357. The first-order chi connectivity index (χ1) is 7.86. The first-order valence-corrected chi connectivity index (χ1v) is 6.78. The molecule has 0 bridgehead atoms. The van der Waals surface area contributed by atoms with Gasteiger partial charge < -0.3 is 0 Å². The van der Waals surface area contributed by atoms with Crippen molar-refractivity contribution < 1.29 is 8.42 Å². The molecule has 1 rings (SSSR count). The zero-order valence-electron chi connectivity index (χ0n) is 10.1. The van der Waals surface area contributed by atoms with E-state index in [0.717, 1.165) is 0 Å². The third kappa shape index (κ3) is 3.54. The molecule has 0 aliphatic heterocycles. The lowest BCUT2D eigenvalue weighted by molar-refractivity contribution is 0.530. The van der Waals surface area contributed by atoms with Gasteiger partial charge in [-0.05, 0) is 20.8 Å². The zero-order chi connectivity index (χ0) is 13.1. The molecule has 0 unspecified atom stereocenters. The Hall–Kier alpha value is -1.39. The maximum Gasteiger partial charge on any atom is 0.243 e. The van der Waals surface area contributed by atoms with Crippen LogP contribution in [0.2, 0.25) is 0 Å². The molecule has 0 aliphatic rings. The number of aromatic nitrogens is 2. The van der Waals surface area contributed by atoms with Gasteiger partial charge in [-0.25, -0.2) is 13.1 Å². The molecule has 0 fully saturated rings. The van der Waals surface area contributed by atoms with Gasteiger partial charge in [0.1, 0.15) is 4.90 Å². The molecule has 6 nitrogen and oxygen atoms in total. The number of hydrogen-bond donors (Lipinski definition) is 1. The second kappa shape index (κ2) is 5.29. The Bertz CT molecular complexity index is 513. The first kappa shape index (κ1) is 13.7. The number of rotatable bonds is 5. The molecule has 0 saturated heterocycles. The number of nitrogens with zero attached hydrogens (tertiary/aromatic N) is 3. The molecule has 1 atom stereocenters. The van der Waals surface area contributed by atoms with E-state index in [-0.39, 0.29) is 23.4 Å². The van der Waals surface area contributed by atoms with Crippen molar-refractivity contribution in [1.29, 1.82) is 5.26 Å². The summed E-state index contributed by atoms with van der Waals surface area (Å²) in [6, 6.07) is 2.07. The molecule has 17 heavy (non-hydrogen) atoms. The highest BCUT2D eigenvalue weighted by molar-refractivity contribution is 7.89. The molecule has 1 heterocycles. The van der Waals surface area contributed by atoms with Crippen LogP contribution in [0.25, 0.3) is 0 Å². The van der Waals surface area contributed by atoms with Crippen LogP contribution >= 0.6 is 0 Å². The fourth-order valence-corrected chi connectivity index (χ4v) is 2.17. The highest BCUT2D eigenvalue weighted by Gasteiger charge is 2.17. The molecular formula is C10H16N4O2S. The Kier molecular flexibility index (Phi) is 4.26. The van der Waals surface area contributed by atoms with Crippen LogP contribution in [0, 0.1) is 17.2 Å². The minimum absolute atomic E-state index is 0.103. The highest BCUT2D eigenvalue weighted by atomic mass is 32.2. The van der Waals surface area contributed by atoms with E-state index < -0.39 is 10.0 Å². The summed E-state index contributed by atoms with van der Waals surface area (Å²) in [4.78, 5) is 0.122. The second-order valence-electron chi connectivity index (χ2n) is 4.13. The first-order valence-electron chi connectivity index (χ1n) is 5.30. The van der Waals surface area contributed by atoms with Crippen LogP contribution in [0.1, 0.15) is 26.8 Å². The van der Waals surface area contributed by atoms with Gasteiger partial charge in [0.15, 0.2) is 0 Å². The van der Waals surface area contributed by atoms with Crippen LogP contribution in [0.3, 0.4) is 0 Å². The van der Waals surface area contributed by atoms with Gasteiger partial charge in [0.2, 0.25) is 10.0 Å². The molecule has 94 valence electrons. The van der Waals surface area contributed by atoms with Gasteiger partial charge in [0.25, 0.3) is 0 Å². The van der Waals surface area contributed by atoms with Gasteiger partial charge in [0.05, 0.1) is 18.2 Å². The monoisotopic (exact) mass is 256 g/mol. The second-order valence-corrected chi connectivity index (χ2v) is 5.90. The molecular weight excluding hydrogens is 240 g/mol. The topological polar surface area (TPSA) is 87.8 Å². The SMILES string of the molecule is CC(C)n1cc(S(=O)(=O)NC[C@@H](C)C#N)cn1. The quantitative estimate of drug-likeness (QED) is 0.847. The van der Waals surface area contributed by atoms with Gasteiger partial charge in [-0.1, -0.05) is 0 Å². The summed E-state index contributed by atoms with van der Waals surface area (Å²) in [5, 5.41) is 12.5. The minimum Gasteiger partial charge on any atom is -0.269 e. The lowest BCUT2D eigenvalue weighted by atomic mass is 10.2. The largest absolute Gasteiger partial charge is 0.269 e. The molecule has 0 spiro atoms. The average molecular weight is 256 g/mol. The van der Waals surface area contributed by atoms with E-state index in [4.69, 9.17) is 5.26 Å². The fourth-order valence-electron chi connectivity index (χ4n) is 1.11. The Labute approximate surface area is 101 Å². The predicted molar refractivity (Wildman–Crippen MR) is 62.6 cm³/mol. The Morgan fingerprint density at radius 1 is 1.53 bits per heavy atom. The van der Waals surface area contributed by atoms with E-state index in [1.165, 1.54) is 12.4 Å². The van der Waals surface area contributed by atoms with Gasteiger partial charge in [-0.2, -0.15) is 10.4 Å². The summed E-state index contributed by atoms with van der Waals surface area (Å²) >= 11 is 0. The van der Waals surface area contributed by atoms with Gasteiger partial charge in [-0.15, -0.1) is 0 Å². The van der Waals surface area contributed by atoms with Crippen molar-refractivity contribution in [2.24, 2.45) is 5.92 Å². The van der Waals surface area contributed by atoms with Crippen molar-refractivity contribution in [2.75, 3.05) is 6.54 Å². The molecule has 7 heteroatoms. The Morgan fingerprint density at radius 2 is 2.18 bits per heavy atom. The van der Waals surface area contributed by atoms with Crippen molar-refractivity contribution in [3.63, 3.8) is 0 Å². The van der Waals surface area contributed by atoms with E-state index >= 15 is 0 Å². The van der Waals surface area contributed by atoms with E-state index in [2.05, 4.69) is 9.82 Å². The lowest BCUT2D eigenvalue weighted by Gasteiger charge is -2.06. The van der Waals surface area contributed by atoms with E-state index in [0.29, 0.717) is 0 Å². The van der Waals surface area contributed by atoms with Crippen LogP contribution in [0.15, 0.2) is 17.3 Å². The van der Waals surface area contributed by atoms with E-state index in [1.807, 2.05) is 19.9 Å². The third-order valence-corrected chi connectivity index (χ3v) is 3.60. The summed E-state index contributed by atoms with van der Waals surface area (Å²) < 4.78 is 27.6. The van der Waals surface area contributed by atoms with Crippen molar-refractivity contribution in [3.05, 3.63) is 12.4 Å². The van der Waals surface area contributed by atoms with Gasteiger partial charge in [-0.3, -0.25) is 4.68 Å². The van der Waals surface area contributed by atoms with Crippen LogP contribution in [-0.2, 0) is 10.0 Å². The van der Waals surface area contributed by atoms with E-state index in [1.54, 1.807) is 11.6 Å². The normalized spacial score (nSPS) is 13.6. The summed E-state index contributed by atoms with van der Waals surface area (Å²) in [6.45, 7) is 5.58. The van der Waals surface area contributed by atoms with Crippen molar-refractivity contribution >= 4 is 10.0 Å². The van der Waals surface area contributed by atoms with Crippen molar-refractivity contribution in [3.8, 4) is 6.07 Å². The fraction of sp³-hybridized carbons (Fsp3) is 0.600. The molecule has 1 N–H and O–H groups in total. The van der Waals surface area contributed by atoms with Crippen LogP contribution < -0.4 is 4.72 Å². The molecule has 0 saturated carbocycles. The van der Waals surface area contributed by atoms with Crippen LogP contribution in [0.4, 0.5) is 0 Å². The average Bonchev–Trinajstić information content (AvgIpc) is 2.76. The summed E-state index contributed by atoms with van der Waals surface area (Å²) in [5.41, 5.74) is 0. The number of hydrogen-bond acceptors (Lipinski definition) is 4. The predicted octanol–water partition coefficient (Wildman–Crippen LogP) is 0.902. The Balaban J connectivity index is 2.80. The van der Waals surface area contributed by atoms with Crippen LogP contribution in [-0.4, -0.2) is 24.7 Å². The summed E-state index contributed by atoms with van der Waals surface area (Å²) in [7, 11) is -3.56. The molecule has 1 aromatic heterocycles.